The van der Waals surface area contributed by atoms with Gasteiger partial charge in [-0.2, -0.15) is 0 Å². The molecule has 3 aromatic heterocycles. The summed E-state index contributed by atoms with van der Waals surface area (Å²) >= 11 is 1.53. The largest absolute Gasteiger partial charge is 0.326 e. The van der Waals surface area contributed by atoms with Crippen molar-refractivity contribution in [3.8, 4) is 0 Å². The van der Waals surface area contributed by atoms with Crippen molar-refractivity contribution < 1.29 is 0 Å². The molecule has 0 saturated carbocycles. The van der Waals surface area contributed by atoms with E-state index in [1.54, 1.807) is 18.6 Å². The van der Waals surface area contributed by atoms with Gasteiger partial charge in [0.15, 0.2) is 10.8 Å². The SMILES string of the molecule is CCn1ccnc1Sc1ccc2nccnc2n1. The molecule has 0 saturated heterocycles. The number of aromatic nitrogens is 5. The summed E-state index contributed by atoms with van der Waals surface area (Å²) in [5.41, 5.74) is 1.47. The van der Waals surface area contributed by atoms with Gasteiger partial charge in [-0.25, -0.2) is 15.0 Å². The summed E-state index contributed by atoms with van der Waals surface area (Å²) in [6.45, 7) is 2.99. The molecule has 0 N–H and O–H groups in total. The van der Waals surface area contributed by atoms with Crippen molar-refractivity contribution in [1.29, 1.82) is 0 Å². The number of fused-ring (bicyclic) bond motifs is 1. The van der Waals surface area contributed by atoms with Crippen LogP contribution >= 0.6 is 11.8 Å². The van der Waals surface area contributed by atoms with Gasteiger partial charge in [0, 0.05) is 31.3 Å². The Morgan fingerprint density at radius 3 is 2.89 bits per heavy atom. The second kappa shape index (κ2) is 4.73. The molecule has 3 aromatic rings. The first kappa shape index (κ1) is 11.2. The number of hydrogen-bond acceptors (Lipinski definition) is 5. The standard InChI is InChI=1S/C12H11N5S/c1-2-17-8-7-15-12(17)18-10-4-3-9-11(16-10)14-6-5-13-9/h3-8H,2H2,1H3. The Morgan fingerprint density at radius 1 is 1.11 bits per heavy atom. The van der Waals surface area contributed by atoms with Crippen LogP contribution in [0.25, 0.3) is 11.2 Å². The molecule has 6 heteroatoms. The molecule has 18 heavy (non-hydrogen) atoms. The van der Waals surface area contributed by atoms with Gasteiger partial charge in [0.1, 0.15) is 10.5 Å². The number of nitrogens with zero attached hydrogens (tertiary/aromatic N) is 5. The summed E-state index contributed by atoms with van der Waals surface area (Å²) in [5.74, 6) is 0. The third kappa shape index (κ3) is 2.06. The van der Waals surface area contributed by atoms with Gasteiger partial charge in [-0.05, 0) is 30.8 Å². The zero-order valence-electron chi connectivity index (χ0n) is 9.82. The number of pyridine rings is 1. The molecule has 0 bridgehead atoms. The van der Waals surface area contributed by atoms with E-state index in [0.29, 0.717) is 5.65 Å². The van der Waals surface area contributed by atoms with Crippen LogP contribution in [0.2, 0.25) is 0 Å². The quantitative estimate of drug-likeness (QED) is 0.721. The molecule has 0 unspecified atom stereocenters. The predicted octanol–water partition coefficient (Wildman–Crippen LogP) is 2.39. The second-order valence-corrected chi connectivity index (χ2v) is 4.63. The Balaban J connectivity index is 1.95. The van der Waals surface area contributed by atoms with E-state index in [9.17, 15) is 0 Å². The zero-order chi connectivity index (χ0) is 12.4. The highest BCUT2D eigenvalue weighted by Gasteiger charge is 2.06. The van der Waals surface area contributed by atoms with Crippen LogP contribution in [0.3, 0.4) is 0 Å². The lowest BCUT2D eigenvalue weighted by molar-refractivity contribution is 0.680. The summed E-state index contributed by atoms with van der Waals surface area (Å²) in [4.78, 5) is 17.2. The maximum atomic E-state index is 4.46. The van der Waals surface area contributed by atoms with Crippen molar-refractivity contribution in [2.24, 2.45) is 0 Å². The molecule has 0 aliphatic carbocycles. The Hall–Kier alpha value is -1.95. The second-order valence-electron chi connectivity index (χ2n) is 3.65. The van der Waals surface area contributed by atoms with Crippen LogP contribution in [0.4, 0.5) is 0 Å². The molecular weight excluding hydrogens is 246 g/mol. The van der Waals surface area contributed by atoms with E-state index in [2.05, 4.69) is 31.4 Å². The van der Waals surface area contributed by atoms with Crippen LogP contribution in [0.1, 0.15) is 6.92 Å². The summed E-state index contributed by atoms with van der Waals surface area (Å²) < 4.78 is 2.08. The molecule has 0 atom stereocenters. The summed E-state index contributed by atoms with van der Waals surface area (Å²) in [6, 6.07) is 3.87. The van der Waals surface area contributed by atoms with E-state index in [1.165, 1.54) is 11.8 Å². The Bertz CT molecular complexity index is 679. The highest BCUT2D eigenvalue weighted by molar-refractivity contribution is 7.99. The molecule has 0 aliphatic heterocycles. The molecule has 3 heterocycles. The van der Waals surface area contributed by atoms with E-state index in [1.807, 2.05) is 18.3 Å². The van der Waals surface area contributed by atoms with Crippen LogP contribution < -0.4 is 0 Å². The molecule has 3 rings (SSSR count). The first-order chi connectivity index (χ1) is 8.86. The van der Waals surface area contributed by atoms with E-state index >= 15 is 0 Å². The minimum absolute atomic E-state index is 0.664. The Morgan fingerprint density at radius 2 is 2.00 bits per heavy atom. The average molecular weight is 257 g/mol. The lowest BCUT2D eigenvalue weighted by atomic mass is 10.4. The van der Waals surface area contributed by atoms with Crippen molar-refractivity contribution >= 4 is 22.9 Å². The van der Waals surface area contributed by atoms with Gasteiger partial charge in [-0.3, -0.25) is 4.98 Å². The third-order valence-corrected chi connectivity index (χ3v) is 3.48. The Kier molecular flexibility index (Phi) is 2.93. The summed E-state index contributed by atoms with van der Waals surface area (Å²) in [5, 5.41) is 1.82. The maximum Gasteiger partial charge on any atom is 0.179 e. The molecule has 0 spiro atoms. The van der Waals surface area contributed by atoms with Crippen LogP contribution in [0.5, 0.6) is 0 Å². The van der Waals surface area contributed by atoms with Gasteiger partial charge in [0.25, 0.3) is 0 Å². The van der Waals surface area contributed by atoms with Gasteiger partial charge in [-0.15, -0.1) is 0 Å². The fourth-order valence-electron chi connectivity index (χ4n) is 1.63. The molecule has 90 valence electrons. The molecule has 0 radical (unpaired) electrons. The van der Waals surface area contributed by atoms with Crippen molar-refractivity contribution in [2.75, 3.05) is 0 Å². The molecular formula is C12H11N5S. The van der Waals surface area contributed by atoms with E-state index in [-0.39, 0.29) is 0 Å². The van der Waals surface area contributed by atoms with Crippen molar-refractivity contribution in [3.63, 3.8) is 0 Å². The van der Waals surface area contributed by atoms with Crippen LogP contribution in [-0.2, 0) is 6.54 Å². The number of rotatable bonds is 3. The van der Waals surface area contributed by atoms with Gasteiger partial charge >= 0.3 is 0 Å². The van der Waals surface area contributed by atoms with Crippen molar-refractivity contribution in [3.05, 3.63) is 36.9 Å². The average Bonchev–Trinajstić information content (AvgIpc) is 2.86. The normalized spacial score (nSPS) is 10.9. The van der Waals surface area contributed by atoms with Gasteiger partial charge < -0.3 is 4.57 Å². The number of imidazole rings is 1. The fourth-order valence-corrected chi connectivity index (χ4v) is 2.50. The summed E-state index contributed by atoms with van der Waals surface area (Å²) in [7, 11) is 0. The molecule has 0 aromatic carbocycles. The van der Waals surface area contributed by atoms with E-state index in [0.717, 1.165) is 22.2 Å². The van der Waals surface area contributed by atoms with E-state index < -0.39 is 0 Å². The number of aryl methyl sites for hydroxylation is 1. The topological polar surface area (TPSA) is 56.5 Å². The van der Waals surface area contributed by atoms with Crippen LogP contribution in [0.15, 0.2) is 47.1 Å². The molecule has 5 nitrogen and oxygen atoms in total. The monoisotopic (exact) mass is 257 g/mol. The minimum Gasteiger partial charge on any atom is -0.326 e. The van der Waals surface area contributed by atoms with Crippen LogP contribution in [-0.4, -0.2) is 24.5 Å². The van der Waals surface area contributed by atoms with Crippen LogP contribution in [0, 0.1) is 0 Å². The highest BCUT2D eigenvalue weighted by Crippen LogP contribution is 2.25. The first-order valence-corrected chi connectivity index (χ1v) is 6.45. The molecule has 0 aliphatic rings. The van der Waals surface area contributed by atoms with Crippen molar-refractivity contribution in [2.45, 2.75) is 23.7 Å². The fraction of sp³-hybridized carbons (Fsp3) is 0.167. The summed E-state index contributed by atoms with van der Waals surface area (Å²) in [6.07, 6.45) is 7.08. The maximum absolute atomic E-state index is 4.46. The lowest BCUT2D eigenvalue weighted by Gasteiger charge is -2.03. The molecule has 0 fully saturated rings. The third-order valence-electron chi connectivity index (χ3n) is 2.52. The van der Waals surface area contributed by atoms with Gasteiger partial charge in [0.2, 0.25) is 0 Å². The Labute approximate surface area is 108 Å². The van der Waals surface area contributed by atoms with Gasteiger partial charge in [0.05, 0.1) is 0 Å². The van der Waals surface area contributed by atoms with Crippen molar-refractivity contribution in [1.82, 2.24) is 24.5 Å². The predicted molar refractivity (Wildman–Crippen MR) is 69.4 cm³/mol. The highest BCUT2D eigenvalue weighted by atomic mass is 32.2. The number of hydrogen-bond donors (Lipinski definition) is 0. The minimum atomic E-state index is 0.664. The smallest absolute Gasteiger partial charge is 0.179 e. The lowest BCUT2D eigenvalue weighted by Crippen LogP contribution is -1.95. The molecule has 0 amide bonds. The van der Waals surface area contributed by atoms with E-state index in [4.69, 9.17) is 0 Å². The first-order valence-electron chi connectivity index (χ1n) is 5.63. The zero-order valence-corrected chi connectivity index (χ0v) is 10.6. The van der Waals surface area contributed by atoms with Gasteiger partial charge in [-0.1, -0.05) is 0 Å².